The summed E-state index contributed by atoms with van der Waals surface area (Å²) in [6, 6.07) is 4.68. The molecule has 0 saturated carbocycles. The van der Waals surface area contributed by atoms with Crippen LogP contribution in [0.3, 0.4) is 0 Å². The van der Waals surface area contributed by atoms with Crippen LogP contribution in [0.4, 0.5) is 0 Å². The normalized spacial score (nSPS) is 24.0. The van der Waals surface area contributed by atoms with Gasteiger partial charge in [-0.05, 0) is 45.2 Å². The van der Waals surface area contributed by atoms with E-state index in [1.165, 1.54) is 4.31 Å². The van der Waals surface area contributed by atoms with E-state index in [0.717, 1.165) is 5.56 Å². The van der Waals surface area contributed by atoms with Gasteiger partial charge >= 0.3 is 5.97 Å². The molecule has 21 heavy (non-hydrogen) atoms. The predicted octanol–water partition coefficient (Wildman–Crippen LogP) is 2.18. The Labute approximate surface area is 125 Å². The third-order valence-corrected chi connectivity index (χ3v) is 6.31. The van der Waals surface area contributed by atoms with Crippen LogP contribution in [0, 0.1) is 19.8 Å². The first-order valence-corrected chi connectivity index (χ1v) is 8.51. The molecule has 0 spiro atoms. The molecule has 0 radical (unpaired) electrons. The van der Waals surface area contributed by atoms with Crippen molar-refractivity contribution in [2.24, 2.45) is 5.92 Å². The summed E-state index contributed by atoms with van der Waals surface area (Å²) in [4.78, 5) is 11.5. The highest BCUT2D eigenvalue weighted by molar-refractivity contribution is 7.89. The summed E-state index contributed by atoms with van der Waals surface area (Å²) in [5.41, 5.74) is 1.70. The summed E-state index contributed by atoms with van der Waals surface area (Å²) in [6.45, 7) is 5.73. The van der Waals surface area contributed by atoms with Gasteiger partial charge in [-0.15, -0.1) is 0 Å². The summed E-state index contributed by atoms with van der Waals surface area (Å²) in [7, 11) is -3.66. The maximum atomic E-state index is 12.8. The van der Waals surface area contributed by atoms with Crippen molar-refractivity contribution < 1.29 is 18.3 Å². The number of carbonyl (C=O) groups is 1. The van der Waals surface area contributed by atoms with Crippen LogP contribution in [0.1, 0.15) is 30.9 Å². The smallest absolute Gasteiger partial charge is 0.308 e. The number of sulfonamides is 1. The van der Waals surface area contributed by atoms with Crippen molar-refractivity contribution in [3.63, 3.8) is 0 Å². The first-order valence-electron chi connectivity index (χ1n) is 7.07. The second-order valence-corrected chi connectivity index (χ2v) is 7.57. The Morgan fingerprint density at radius 3 is 2.57 bits per heavy atom. The number of piperidine rings is 1. The number of carboxylic acids is 1. The van der Waals surface area contributed by atoms with Gasteiger partial charge in [-0.25, -0.2) is 8.42 Å². The largest absolute Gasteiger partial charge is 0.481 e. The van der Waals surface area contributed by atoms with Crippen LogP contribution in [-0.4, -0.2) is 36.4 Å². The zero-order chi connectivity index (χ0) is 15.8. The predicted molar refractivity (Wildman–Crippen MR) is 79.6 cm³/mol. The van der Waals surface area contributed by atoms with E-state index in [0.29, 0.717) is 24.9 Å². The van der Waals surface area contributed by atoms with Crippen LogP contribution in [0.25, 0.3) is 0 Å². The summed E-state index contributed by atoms with van der Waals surface area (Å²) in [6.07, 6.45) is 1.10. The van der Waals surface area contributed by atoms with Gasteiger partial charge in [-0.1, -0.05) is 17.7 Å². The van der Waals surface area contributed by atoms with Gasteiger partial charge in [-0.3, -0.25) is 4.79 Å². The minimum absolute atomic E-state index is 0.269. The molecule has 0 unspecified atom stereocenters. The van der Waals surface area contributed by atoms with Crippen molar-refractivity contribution in [3.05, 3.63) is 29.3 Å². The standard InChI is InChI=1S/C15H21NO4S/c1-10-6-7-14(11(2)9-10)21(19,20)16-8-4-5-13(12(16)3)15(17)18/h6-7,9,12-13H,4-5,8H2,1-3H3,(H,17,18)/t12-,13-/m1/s1. The molecular weight excluding hydrogens is 290 g/mol. The number of benzene rings is 1. The molecule has 0 aromatic heterocycles. The summed E-state index contributed by atoms with van der Waals surface area (Å²) in [5.74, 6) is -1.57. The minimum atomic E-state index is -3.66. The highest BCUT2D eigenvalue weighted by Crippen LogP contribution is 2.30. The van der Waals surface area contributed by atoms with Crippen molar-refractivity contribution >= 4 is 16.0 Å². The Bertz CT molecular complexity index is 654. The molecule has 0 bridgehead atoms. The van der Waals surface area contributed by atoms with Crippen LogP contribution < -0.4 is 0 Å². The minimum Gasteiger partial charge on any atom is -0.481 e. The fourth-order valence-corrected chi connectivity index (χ4v) is 4.91. The molecule has 1 saturated heterocycles. The second-order valence-electron chi connectivity index (χ2n) is 5.71. The number of carboxylic acid groups (broad SMARTS) is 1. The highest BCUT2D eigenvalue weighted by Gasteiger charge is 2.39. The van der Waals surface area contributed by atoms with Gasteiger partial charge in [0.05, 0.1) is 10.8 Å². The van der Waals surface area contributed by atoms with Gasteiger partial charge in [0.2, 0.25) is 10.0 Å². The quantitative estimate of drug-likeness (QED) is 0.928. The first-order chi connectivity index (χ1) is 9.75. The second kappa shape index (κ2) is 5.77. The lowest BCUT2D eigenvalue weighted by Crippen LogP contribution is -2.49. The van der Waals surface area contributed by atoms with E-state index in [1.54, 1.807) is 26.0 Å². The molecule has 5 nitrogen and oxygen atoms in total. The molecule has 6 heteroatoms. The number of aliphatic carboxylic acids is 1. The topological polar surface area (TPSA) is 74.7 Å². The van der Waals surface area contributed by atoms with Gasteiger partial charge in [0.25, 0.3) is 0 Å². The zero-order valence-electron chi connectivity index (χ0n) is 12.5. The fourth-order valence-electron chi connectivity index (χ4n) is 3.00. The lowest BCUT2D eigenvalue weighted by Gasteiger charge is -2.36. The zero-order valence-corrected chi connectivity index (χ0v) is 13.4. The van der Waals surface area contributed by atoms with Crippen LogP contribution in [0.15, 0.2) is 23.1 Å². The lowest BCUT2D eigenvalue weighted by molar-refractivity contribution is -0.144. The van der Waals surface area contributed by atoms with Gasteiger partial charge in [0.1, 0.15) is 0 Å². The Kier molecular flexibility index (Phi) is 4.39. The maximum Gasteiger partial charge on any atom is 0.308 e. The molecule has 116 valence electrons. The fraction of sp³-hybridized carbons (Fsp3) is 0.533. The van der Waals surface area contributed by atoms with Crippen molar-refractivity contribution in [1.29, 1.82) is 0 Å². The van der Waals surface area contributed by atoms with Gasteiger partial charge < -0.3 is 5.11 Å². The molecule has 0 amide bonds. The Balaban J connectivity index is 2.41. The van der Waals surface area contributed by atoms with Crippen molar-refractivity contribution in [3.8, 4) is 0 Å². The third-order valence-electron chi connectivity index (χ3n) is 4.16. The number of nitrogens with zero attached hydrogens (tertiary/aromatic N) is 1. The van der Waals surface area contributed by atoms with Crippen LogP contribution in [0.5, 0.6) is 0 Å². The van der Waals surface area contributed by atoms with E-state index in [4.69, 9.17) is 0 Å². The Morgan fingerprint density at radius 2 is 2.00 bits per heavy atom. The summed E-state index contributed by atoms with van der Waals surface area (Å²) in [5, 5.41) is 9.23. The van der Waals surface area contributed by atoms with E-state index in [9.17, 15) is 18.3 Å². The van der Waals surface area contributed by atoms with E-state index in [-0.39, 0.29) is 4.90 Å². The average molecular weight is 311 g/mol. The first kappa shape index (κ1) is 16.0. The molecular formula is C15H21NO4S. The average Bonchev–Trinajstić information content (AvgIpc) is 2.37. The van der Waals surface area contributed by atoms with Crippen molar-refractivity contribution in [1.82, 2.24) is 4.31 Å². The Hall–Kier alpha value is -1.40. The van der Waals surface area contributed by atoms with Crippen molar-refractivity contribution in [2.45, 2.75) is 44.6 Å². The summed E-state index contributed by atoms with van der Waals surface area (Å²) < 4.78 is 27.0. The molecule has 1 aliphatic heterocycles. The molecule has 2 rings (SSSR count). The molecule has 1 aliphatic rings. The highest BCUT2D eigenvalue weighted by atomic mass is 32.2. The molecule has 1 N–H and O–H groups in total. The third kappa shape index (κ3) is 2.96. The van der Waals surface area contributed by atoms with Gasteiger partial charge in [0, 0.05) is 12.6 Å². The van der Waals surface area contributed by atoms with E-state index >= 15 is 0 Å². The lowest BCUT2D eigenvalue weighted by atomic mass is 9.92. The molecule has 1 aromatic carbocycles. The SMILES string of the molecule is Cc1ccc(S(=O)(=O)N2CCC[C@@H](C(=O)O)[C@H]2C)c(C)c1. The van der Waals surface area contributed by atoms with E-state index in [1.807, 2.05) is 13.0 Å². The van der Waals surface area contributed by atoms with E-state index < -0.39 is 28.0 Å². The van der Waals surface area contributed by atoms with Crippen LogP contribution >= 0.6 is 0 Å². The summed E-state index contributed by atoms with van der Waals surface area (Å²) >= 11 is 0. The molecule has 0 aliphatic carbocycles. The monoisotopic (exact) mass is 311 g/mol. The number of hydrogen-bond acceptors (Lipinski definition) is 3. The van der Waals surface area contributed by atoms with E-state index in [2.05, 4.69) is 0 Å². The van der Waals surface area contributed by atoms with Gasteiger partial charge in [0.15, 0.2) is 0 Å². The molecule has 1 aromatic rings. The van der Waals surface area contributed by atoms with Gasteiger partial charge in [-0.2, -0.15) is 4.31 Å². The molecule has 2 atom stereocenters. The molecule has 1 fully saturated rings. The number of rotatable bonds is 3. The molecule has 1 heterocycles. The number of hydrogen-bond donors (Lipinski definition) is 1. The van der Waals surface area contributed by atoms with Crippen LogP contribution in [0.2, 0.25) is 0 Å². The maximum absolute atomic E-state index is 12.8. The number of aryl methyl sites for hydroxylation is 2. The van der Waals surface area contributed by atoms with Crippen LogP contribution in [-0.2, 0) is 14.8 Å². The van der Waals surface area contributed by atoms with Crippen molar-refractivity contribution in [2.75, 3.05) is 6.54 Å². The Morgan fingerprint density at radius 1 is 1.33 bits per heavy atom.